The number of guanidine groups is 1. The van der Waals surface area contributed by atoms with Crippen LogP contribution in [-0.2, 0) is 6.54 Å². The molecule has 0 radical (unpaired) electrons. The SMILES string of the molecule is I.NC(=NCc1ccc(-n2ccnc2)nc1)NC1CCCCCC1. The molecule has 0 amide bonds. The lowest BCUT2D eigenvalue weighted by atomic mass is 10.1. The number of nitrogens with one attached hydrogen (secondary N) is 1. The van der Waals surface area contributed by atoms with Gasteiger partial charge in [-0.05, 0) is 24.5 Å². The first-order chi connectivity index (χ1) is 11.3. The van der Waals surface area contributed by atoms with Gasteiger partial charge in [0.2, 0.25) is 0 Å². The highest BCUT2D eigenvalue weighted by Crippen LogP contribution is 2.17. The molecule has 0 aliphatic heterocycles. The maximum Gasteiger partial charge on any atom is 0.189 e. The third kappa shape index (κ3) is 5.47. The summed E-state index contributed by atoms with van der Waals surface area (Å²) in [6.07, 6.45) is 14.8. The Hall–Kier alpha value is -1.64. The van der Waals surface area contributed by atoms with Gasteiger partial charge in [0.25, 0.3) is 0 Å². The smallest absolute Gasteiger partial charge is 0.189 e. The Morgan fingerprint density at radius 2 is 2.04 bits per heavy atom. The summed E-state index contributed by atoms with van der Waals surface area (Å²) in [6.45, 7) is 0.544. The van der Waals surface area contributed by atoms with Crippen LogP contribution in [0.1, 0.15) is 44.1 Å². The van der Waals surface area contributed by atoms with E-state index in [1.165, 1.54) is 38.5 Å². The van der Waals surface area contributed by atoms with E-state index in [1.54, 1.807) is 12.5 Å². The molecule has 0 unspecified atom stereocenters. The molecule has 24 heavy (non-hydrogen) atoms. The molecule has 1 saturated carbocycles. The van der Waals surface area contributed by atoms with Crippen LogP contribution in [0.5, 0.6) is 0 Å². The highest BCUT2D eigenvalue weighted by Gasteiger charge is 2.12. The van der Waals surface area contributed by atoms with Crippen molar-refractivity contribution in [1.29, 1.82) is 0 Å². The Balaban J connectivity index is 0.00000208. The van der Waals surface area contributed by atoms with E-state index in [0.29, 0.717) is 18.5 Å². The number of nitrogens with zero attached hydrogens (tertiary/aromatic N) is 4. The highest BCUT2D eigenvalue weighted by atomic mass is 127. The third-order valence-electron chi connectivity index (χ3n) is 4.22. The van der Waals surface area contributed by atoms with Crippen LogP contribution in [0.4, 0.5) is 0 Å². The Morgan fingerprint density at radius 3 is 2.67 bits per heavy atom. The lowest BCUT2D eigenvalue weighted by Crippen LogP contribution is -2.39. The van der Waals surface area contributed by atoms with Gasteiger partial charge in [0, 0.05) is 24.6 Å². The van der Waals surface area contributed by atoms with E-state index in [-0.39, 0.29) is 24.0 Å². The standard InChI is InChI=1S/C17H24N6.HI/c18-17(22-15-5-3-1-2-4-6-15)21-12-14-7-8-16(20-11-14)23-10-9-19-13-23;/h7-11,13,15H,1-6,12H2,(H3,18,21,22);1H. The van der Waals surface area contributed by atoms with Crippen LogP contribution in [0.15, 0.2) is 42.0 Å². The van der Waals surface area contributed by atoms with Crippen molar-refractivity contribution in [2.45, 2.75) is 51.1 Å². The van der Waals surface area contributed by atoms with Crippen molar-refractivity contribution in [1.82, 2.24) is 19.9 Å². The lowest BCUT2D eigenvalue weighted by Gasteiger charge is -2.16. The molecular formula is C17H25IN6. The van der Waals surface area contributed by atoms with Crippen LogP contribution in [0, 0.1) is 0 Å². The summed E-state index contributed by atoms with van der Waals surface area (Å²) in [5.41, 5.74) is 7.06. The van der Waals surface area contributed by atoms with Crippen molar-refractivity contribution in [2.24, 2.45) is 10.7 Å². The summed E-state index contributed by atoms with van der Waals surface area (Å²) < 4.78 is 1.87. The molecule has 6 nitrogen and oxygen atoms in total. The summed E-state index contributed by atoms with van der Waals surface area (Å²) in [7, 11) is 0. The van der Waals surface area contributed by atoms with Crippen LogP contribution in [-0.4, -0.2) is 26.5 Å². The van der Waals surface area contributed by atoms with Crippen molar-refractivity contribution in [3.05, 3.63) is 42.6 Å². The van der Waals surface area contributed by atoms with Gasteiger partial charge in [0.1, 0.15) is 12.1 Å². The van der Waals surface area contributed by atoms with Crippen molar-refractivity contribution < 1.29 is 0 Å². The number of imidazole rings is 1. The van der Waals surface area contributed by atoms with E-state index >= 15 is 0 Å². The molecule has 1 fully saturated rings. The molecule has 3 rings (SSSR count). The number of halogens is 1. The molecule has 2 heterocycles. The second-order valence-corrected chi connectivity index (χ2v) is 6.03. The summed E-state index contributed by atoms with van der Waals surface area (Å²) in [6, 6.07) is 4.45. The zero-order valence-corrected chi connectivity index (χ0v) is 16.1. The minimum Gasteiger partial charge on any atom is -0.370 e. The van der Waals surface area contributed by atoms with Gasteiger partial charge in [-0.1, -0.05) is 31.7 Å². The molecular weight excluding hydrogens is 415 g/mol. The first-order valence-electron chi connectivity index (χ1n) is 8.31. The summed E-state index contributed by atoms with van der Waals surface area (Å²) in [4.78, 5) is 12.9. The van der Waals surface area contributed by atoms with Crippen molar-refractivity contribution in [2.75, 3.05) is 0 Å². The van der Waals surface area contributed by atoms with Gasteiger partial charge in [-0.25, -0.2) is 15.0 Å². The first kappa shape index (κ1) is 18.7. The van der Waals surface area contributed by atoms with Gasteiger partial charge in [-0.15, -0.1) is 24.0 Å². The largest absolute Gasteiger partial charge is 0.370 e. The van der Waals surface area contributed by atoms with Gasteiger partial charge in [-0.3, -0.25) is 4.57 Å². The topological polar surface area (TPSA) is 81.1 Å². The molecule has 1 aliphatic rings. The second kappa shape index (κ2) is 9.61. The van der Waals surface area contributed by atoms with E-state index in [4.69, 9.17) is 5.73 Å². The second-order valence-electron chi connectivity index (χ2n) is 6.03. The zero-order chi connectivity index (χ0) is 15.9. The molecule has 130 valence electrons. The highest BCUT2D eigenvalue weighted by molar-refractivity contribution is 14.0. The molecule has 0 atom stereocenters. The van der Waals surface area contributed by atoms with Crippen molar-refractivity contribution in [3.8, 4) is 5.82 Å². The molecule has 0 aromatic carbocycles. The van der Waals surface area contributed by atoms with E-state index in [0.717, 1.165) is 11.4 Å². The zero-order valence-electron chi connectivity index (χ0n) is 13.8. The predicted octanol–water partition coefficient (Wildman–Crippen LogP) is 3.01. The molecule has 1 aliphatic carbocycles. The van der Waals surface area contributed by atoms with Crippen LogP contribution in [0.25, 0.3) is 5.82 Å². The first-order valence-corrected chi connectivity index (χ1v) is 8.31. The number of hydrogen-bond acceptors (Lipinski definition) is 3. The average molecular weight is 440 g/mol. The fraction of sp³-hybridized carbons (Fsp3) is 0.471. The Kier molecular flexibility index (Phi) is 7.48. The molecule has 2 aromatic heterocycles. The maximum atomic E-state index is 6.02. The maximum absolute atomic E-state index is 6.02. The van der Waals surface area contributed by atoms with Crippen molar-refractivity contribution in [3.63, 3.8) is 0 Å². The fourth-order valence-electron chi connectivity index (χ4n) is 2.91. The van der Waals surface area contributed by atoms with E-state index in [9.17, 15) is 0 Å². The minimum atomic E-state index is 0. The fourth-order valence-corrected chi connectivity index (χ4v) is 2.91. The molecule has 0 bridgehead atoms. The average Bonchev–Trinajstić information content (AvgIpc) is 2.99. The van der Waals surface area contributed by atoms with Crippen LogP contribution in [0.2, 0.25) is 0 Å². The van der Waals surface area contributed by atoms with E-state index in [2.05, 4.69) is 20.3 Å². The number of rotatable bonds is 4. The van der Waals surface area contributed by atoms with Gasteiger partial charge in [0.15, 0.2) is 5.96 Å². The van der Waals surface area contributed by atoms with Crippen LogP contribution >= 0.6 is 24.0 Å². The normalized spacial score (nSPS) is 16.2. The van der Waals surface area contributed by atoms with Gasteiger partial charge < -0.3 is 11.1 Å². The van der Waals surface area contributed by atoms with Crippen LogP contribution < -0.4 is 11.1 Å². The number of aliphatic imine (C=N–C) groups is 1. The van der Waals surface area contributed by atoms with Gasteiger partial charge >= 0.3 is 0 Å². The molecule has 2 aromatic rings. The monoisotopic (exact) mass is 440 g/mol. The van der Waals surface area contributed by atoms with Crippen molar-refractivity contribution >= 4 is 29.9 Å². The van der Waals surface area contributed by atoms with E-state index in [1.807, 2.05) is 29.1 Å². The Labute approximate surface area is 160 Å². The summed E-state index contributed by atoms with van der Waals surface area (Å²) in [5, 5.41) is 3.36. The quantitative estimate of drug-likeness (QED) is 0.332. The Bertz CT molecular complexity index is 615. The minimum absolute atomic E-state index is 0. The molecule has 7 heteroatoms. The molecule has 0 saturated heterocycles. The summed E-state index contributed by atoms with van der Waals surface area (Å²) >= 11 is 0. The number of aromatic nitrogens is 3. The number of nitrogens with two attached hydrogens (primary N) is 1. The van der Waals surface area contributed by atoms with E-state index < -0.39 is 0 Å². The molecule has 3 N–H and O–H groups in total. The summed E-state index contributed by atoms with van der Waals surface area (Å²) in [5.74, 6) is 1.38. The van der Waals surface area contributed by atoms with Gasteiger partial charge in [-0.2, -0.15) is 0 Å². The Morgan fingerprint density at radius 1 is 1.25 bits per heavy atom. The van der Waals surface area contributed by atoms with Gasteiger partial charge in [0.05, 0.1) is 6.54 Å². The predicted molar refractivity (Wildman–Crippen MR) is 107 cm³/mol. The van der Waals surface area contributed by atoms with Crippen LogP contribution in [0.3, 0.4) is 0 Å². The number of pyridine rings is 1. The number of hydrogen-bond donors (Lipinski definition) is 2. The molecule has 0 spiro atoms. The lowest BCUT2D eigenvalue weighted by molar-refractivity contribution is 0.530. The third-order valence-corrected chi connectivity index (χ3v) is 4.22.